The average Bonchev–Trinajstić information content (AvgIpc) is 2.69. The molecule has 6 nitrogen and oxygen atoms in total. The molecular weight excluding hydrogens is 428 g/mol. The number of hydrogen-bond donors (Lipinski definition) is 1. The molecule has 2 amide bonds. The number of rotatable bonds is 6. The molecule has 2 aromatic carbocycles. The molecule has 1 fully saturated rings. The molecule has 2 aromatic rings. The van der Waals surface area contributed by atoms with Gasteiger partial charge in [0.05, 0.1) is 0 Å². The first kappa shape index (κ1) is 24.6. The molecule has 1 saturated heterocycles. The number of nitrogens with zero attached hydrogens (tertiary/aromatic N) is 2. The summed E-state index contributed by atoms with van der Waals surface area (Å²) >= 11 is 0. The van der Waals surface area contributed by atoms with E-state index in [0.29, 0.717) is 25.2 Å². The Hall–Kier alpha value is -3.00. The third kappa shape index (κ3) is 6.99. The first-order valence-electron chi connectivity index (χ1n) is 11.0. The Balaban J connectivity index is 1.78. The van der Waals surface area contributed by atoms with Crippen LogP contribution in [0.3, 0.4) is 0 Å². The molecule has 0 bridgehead atoms. The number of hydrogen-bond acceptors (Lipinski definition) is 4. The first-order chi connectivity index (χ1) is 15.5. The smallest absolute Gasteiger partial charge is 0.411 e. The number of carbonyl (C=O) groups is 2. The maximum atomic E-state index is 13.6. The second-order valence-electron chi connectivity index (χ2n) is 9.41. The zero-order chi connectivity index (χ0) is 24.2. The van der Waals surface area contributed by atoms with Crippen LogP contribution in [0.15, 0.2) is 48.5 Å². The molecule has 1 aliphatic heterocycles. The molecule has 1 unspecified atom stereocenters. The summed E-state index contributed by atoms with van der Waals surface area (Å²) in [5.74, 6) is -1.59. The van der Waals surface area contributed by atoms with Crippen molar-refractivity contribution in [2.75, 3.05) is 13.1 Å². The van der Waals surface area contributed by atoms with E-state index in [1.54, 1.807) is 25.7 Å². The Labute approximate surface area is 193 Å². The summed E-state index contributed by atoms with van der Waals surface area (Å²) in [5, 5.41) is 0. The molecule has 0 saturated carbocycles. The lowest BCUT2D eigenvalue weighted by atomic mass is 9.97. The molecule has 8 heteroatoms. The highest BCUT2D eigenvalue weighted by Gasteiger charge is 2.40. The minimum absolute atomic E-state index is 0.140. The molecule has 0 radical (unpaired) electrons. The van der Waals surface area contributed by atoms with E-state index < -0.39 is 35.4 Å². The molecule has 2 atom stereocenters. The predicted octanol–water partition coefficient (Wildman–Crippen LogP) is 3.87. The second kappa shape index (κ2) is 10.3. The van der Waals surface area contributed by atoms with E-state index in [1.807, 2.05) is 30.3 Å². The Bertz CT molecular complexity index is 958. The lowest BCUT2D eigenvalue weighted by Crippen LogP contribution is -2.60. The summed E-state index contributed by atoms with van der Waals surface area (Å²) in [6.07, 6.45) is -0.273. The summed E-state index contributed by atoms with van der Waals surface area (Å²) in [6, 6.07) is 11.4. The summed E-state index contributed by atoms with van der Waals surface area (Å²) < 4.78 is 32.7. The molecule has 178 valence electrons. The predicted molar refractivity (Wildman–Crippen MR) is 121 cm³/mol. The van der Waals surface area contributed by atoms with Crippen LogP contribution in [0.4, 0.5) is 13.6 Å². The standard InChI is InChI=1S/C25H31F2N3O3/c1-25(2,3)33-24(32)30-10-9-29(16-17-7-5-4-6-8-17)23(31)22(30)15-21(28)13-18-11-19(26)14-20(27)12-18/h4-8,11-12,14,21-22H,9-10,13,15-16,28H2,1-3H3/t21-,22?/m0/s1. The van der Waals surface area contributed by atoms with E-state index in [1.165, 1.54) is 17.0 Å². The maximum Gasteiger partial charge on any atom is 0.411 e. The van der Waals surface area contributed by atoms with Crippen LogP contribution in [-0.2, 0) is 22.5 Å². The Morgan fingerprint density at radius 3 is 2.33 bits per heavy atom. The summed E-state index contributed by atoms with van der Waals surface area (Å²) in [6.45, 7) is 6.38. The summed E-state index contributed by atoms with van der Waals surface area (Å²) in [7, 11) is 0. The number of carbonyl (C=O) groups excluding carboxylic acids is 2. The number of halogens is 2. The quantitative estimate of drug-likeness (QED) is 0.712. The topological polar surface area (TPSA) is 75.9 Å². The van der Waals surface area contributed by atoms with Gasteiger partial charge < -0.3 is 15.4 Å². The third-order valence-corrected chi connectivity index (χ3v) is 5.37. The van der Waals surface area contributed by atoms with Crippen LogP contribution in [0, 0.1) is 11.6 Å². The lowest BCUT2D eigenvalue weighted by molar-refractivity contribution is -0.142. The molecule has 1 aliphatic rings. The molecule has 0 aromatic heterocycles. The molecule has 3 rings (SSSR count). The zero-order valence-electron chi connectivity index (χ0n) is 19.3. The van der Waals surface area contributed by atoms with E-state index in [0.717, 1.165) is 11.6 Å². The van der Waals surface area contributed by atoms with E-state index in [-0.39, 0.29) is 18.7 Å². The fraction of sp³-hybridized carbons (Fsp3) is 0.440. The third-order valence-electron chi connectivity index (χ3n) is 5.37. The maximum absolute atomic E-state index is 13.6. The van der Waals surface area contributed by atoms with Gasteiger partial charge in [0, 0.05) is 31.7 Å². The number of ether oxygens (including phenoxy) is 1. The van der Waals surface area contributed by atoms with Crippen molar-refractivity contribution in [1.29, 1.82) is 0 Å². The van der Waals surface area contributed by atoms with Crippen molar-refractivity contribution >= 4 is 12.0 Å². The summed E-state index contributed by atoms with van der Waals surface area (Å²) in [5.41, 5.74) is 6.95. The Morgan fingerprint density at radius 1 is 1.09 bits per heavy atom. The molecular formula is C25H31F2N3O3. The van der Waals surface area contributed by atoms with E-state index >= 15 is 0 Å². The van der Waals surface area contributed by atoms with Crippen molar-refractivity contribution in [3.05, 3.63) is 71.3 Å². The van der Waals surface area contributed by atoms with Crippen molar-refractivity contribution in [1.82, 2.24) is 9.80 Å². The van der Waals surface area contributed by atoms with Crippen LogP contribution in [-0.4, -0.2) is 52.6 Å². The van der Waals surface area contributed by atoms with E-state index in [2.05, 4.69) is 0 Å². The highest BCUT2D eigenvalue weighted by Crippen LogP contribution is 2.22. The van der Waals surface area contributed by atoms with Crippen LogP contribution in [0.25, 0.3) is 0 Å². The van der Waals surface area contributed by atoms with Crippen molar-refractivity contribution in [3.8, 4) is 0 Å². The van der Waals surface area contributed by atoms with Crippen molar-refractivity contribution in [3.63, 3.8) is 0 Å². The van der Waals surface area contributed by atoms with E-state index in [4.69, 9.17) is 10.5 Å². The van der Waals surface area contributed by atoms with Crippen LogP contribution in [0.5, 0.6) is 0 Å². The van der Waals surface area contributed by atoms with Crippen molar-refractivity contribution in [2.45, 2.75) is 57.8 Å². The van der Waals surface area contributed by atoms with E-state index in [9.17, 15) is 18.4 Å². The largest absolute Gasteiger partial charge is 0.444 e. The Kier molecular flexibility index (Phi) is 7.68. The number of amides is 2. The highest BCUT2D eigenvalue weighted by atomic mass is 19.1. The molecule has 1 heterocycles. The van der Waals surface area contributed by atoms with Crippen molar-refractivity contribution < 1.29 is 23.1 Å². The SMILES string of the molecule is CC(C)(C)OC(=O)N1CCN(Cc2ccccc2)C(=O)C1C[C@@H](N)Cc1cc(F)cc(F)c1. The van der Waals surface area contributed by atoms with Gasteiger partial charge in [-0.2, -0.15) is 0 Å². The van der Waals surface area contributed by atoms with Gasteiger partial charge in [-0.15, -0.1) is 0 Å². The first-order valence-corrected chi connectivity index (χ1v) is 11.0. The number of piperazine rings is 1. The summed E-state index contributed by atoms with van der Waals surface area (Å²) in [4.78, 5) is 29.4. The normalized spacial score (nSPS) is 17.8. The van der Waals surface area contributed by atoms with Gasteiger partial charge in [-0.25, -0.2) is 13.6 Å². The molecule has 0 aliphatic carbocycles. The number of benzene rings is 2. The van der Waals surface area contributed by atoms with Crippen LogP contribution in [0.1, 0.15) is 38.3 Å². The monoisotopic (exact) mass is 459 g/mol. The Morgan fingerprint density at radius 2 is 1.73 bits per heavy atom. The van der Waals surface area contributed by atoms with Gasteiger partial charge in [-0.1, -0.05) is 30.3 Å². The highest BCUT2D eigenvalue weighted by molar-refractivity contribution is 5.87. The van der Waals surface area contributed by atoms with Crippen LogP contribution in [0.2, 0.25) is 0 Å². The molecule has 0 spiro atoms. The van der Waals surface area contributed by atoms with Gasteiger partial charge in [0.15, 0.2) is 0 Å². The minimum Gasteiger partial charge on any atom is -0.444 e. The minimum atomic E-state index is -0.828. The van der Waals surface area contributed by atoms with Crippen LogP contribution >= 0.6 is 0 Å². The van der Waals surface area contributed by atoms with Gasteiger partial charge in [0.25, 0.3) is 0 Å². The number of nitrogens with two attached hydrogens (primary N) is 1. The van der Waals surface area contributed by atoms with Gasteiger partial charge in [-0.05, 0) is 56.9 Å². The fourth-order valence-electron chi connectivity index (χ4n) is 3.97. The van der Waals surface area contributed by atoms with Crippen molar-refractivity contribution in [2.24, 2.45) is 5.73 Å². The molecule has 2 N–H and O–H groups in total. The fourth-order valence-corrected chi connectivity index (χ4v) is 3.97. The average molecular weight is 460 g/mol. The van der Waals surface area contributed by atoms with Gasteiger partial charge in [0.2, 0.25) is 5.91 Å². The van der Waals surface area contributed by atoms with Gasteiger partial charge >= 0.3 is 6.09 Å². The zero-order valence-corrected chi connectivity index (χ0v) is 19.3. The molecule has 33 heavy (non-hydrogen) atoms. The second-order valence-corrected chi connectivity index (χ2v) is 9.41. The lowest BCUT2D eigenvalue weighted by Gasteiger charge is -2.41. The van der Waals surface area contributed by atoms with Gasteiger partial charge in [0.1, 0.15) is 23.3 Å². The van der Waals surface area contributed by atoms with Gasteiger partial charge in [-0.3, -0.25) is 9.69 Å². The van der Waals surface area contributed by atoms with Crippen LogP contribution < -0.4 is 5.73 Å².